The van der Waals surface area contributed by atoms with Gasteiger partial charge in [0.15, 0.2) is 12.4 Å². The number of nitrogens with zero attached hydrogens (tertiary/aromatic N) is 1. The van der Waals surface area contributed by atoms with Gasteiger partial charge in [-0.2, -0.15) is 0 Å². The van der Waals surface area contributed by atoms with Crippen LogP contribution in [0.25, 0.3) is 0 Å². The fourth-order valence-corrected chi connectivity index (χ4v) is 3.10. The molecule has 0 unspecified atom stereocenters. The van der Waals surface area contributed by atoms with Crippen LogP contribution in [0.4, 0.5) is 5.82 Å². The summed E-state index contributed by atoms with van der Waals surface area (Å²) in [4.78, 5) is 28.9. The van der Waals surface area contributed by atoms with Crippen molar-refractivity contribution in [1.29, 1.82) is 0 Å². The average Bonchev–Trinajstić information content (AvgIpc) is 2.74. The molecule has 148 valence electrons. The van der Waals surface area contributed by atoms with Gasteiger partial charge in [-0.3, -0.25) is 4.79 Å². The van der Waals surface area contributed by atoms with E-state index in [2.05, 4.69) is 10.3 Å². The number of hydrogen-bond donors (Lipinski definition) is 2. The third kappa shape index (κ3) is 4.74. The van der Waals surface area contributed by atoms with Crippen LogP contribution in [-0.4, -0.2) is 28.6 Å². The number of halogens is 2. The average molecular weight is 431 g/mol. The number of nitrogens with one attached hydrogen (secondary N) is 1. The molecule has 1 heterocycles. The highest BCUT2D eigenvalue weighted by Crippen LogP contribution is 2.31. The van der Waals surface area contributed by atoms with Gasteiger partial charge in [0, 0.05) is 6.20 Å². The minimum absolute atomic E-state index is 0.0819. The number of amides is 1. The Bertz CT molecular complexity index is 974. The number of benzene rings is 2. The van der Waals surface area contributed by atoms with Crippen molar-refractivity contribution in [3.63, 3.8) is 0 Å². The molecule has 0 atom stereocenters. The van der Waals surface area contributed by atoms with Crippen molar-refractivity contribution in [2.45, 2.75) is 5.60 Å². The summed E-state index contributed by atoms with van der Waals surface area (Å²) in [6.45, 7) is -0.637. The quantitative estimate of drug-likeness (QED) is 0.580. The highest BCUT2D eigenvalue weighted by molar-refractivity contribution is 6.36. The van der Waals surface area contributed by atoms with E-state index in [9.17, 15) is 14.7 Å². The summed E-state index contributed by atoms with van der Waals surface area (Å²) in [7, 11) is 0. The van der Waals surface area contributed by atoms with Crippen molar-refractivity contribution >= 4 is 40.9 Å². The van der Waals surface area contributed by atoms with Gasteiger partial charge in [-0.25, -0.2) is 9.78 Å². The number of esters is 1. The predicted molar refractivity (Wildman–Crippen MR) is 110 cm³/mol. The lowest BCUT2D eigenvalue weighted by atomic mass is 9.86. The van der Waals surface area contributed by atoms with Crippen LogP contribution in [0.5, 0.6) is 0 Å². The van der Waals surface area contributed by atoms with E-state index < -0.39 is 24.1 Å². The van der Waals surface area contributed by atoms with Crippen molar-refractivity contribution < 1.29 is 19.4 Å². The van der Waals surface area contributed by atoms with E-state index >= 15 is 0 Å². The summed E-state index contributed by atoms with van der Waals surface area (Å²) in [5, 5.41) is 14.1. The topological polar surface area (TPSA) is 88.5 Å². The van der Waals surface area contributed by atoms with E-state index in [1.807, 2.05) is 0 Å². The first kappa shape index (κ1) is 20.8. The molecule has 6 nitrogen and oxygen atoms in total. The van der Waals surface area contributed by atoms with Gasteiger partial charge in [0.25, 0.3) is 5.91 Å². The van der Waals surface area contributed by atoms with Gasteiger partial charge in [0.05, 0.1) is 10.0 Å². The van der Waals surface area contributed by atoms with E-state index in [4.69, 9.17) is 27.9 Å². The van der Waals surface area contributed by atoms with Crippen LogP contribution < -0.4 is 5.32 Å². The second kappa shape index (κ2) is 9.05. The van der Waals surface area contributed by atoms with Crippen LogP contribution in [0.3, 0.4) is 0 Å². The van der Waals surface area contributed by atoms with E-state index in [-0.39, 0.29) is 10.8 Å². The molecule has 3 aromatic rings. The first-order valence-corrected chi connectivity index (χ1v) is 9.28. The highest BCUT2D eigenvalue weighted by Gasteiger charge is 2.41. The van der Waals surface area contributed by atoms with Crippen molar-refractivity contribution in [1.82, 2.24) is 4.98 Å². The molecule has 0 saturated carbocycles. The molecule has 1 aromatic heterocycles. The van der Waals surface area contributed by atoms with Gasteiger partial charge in [-0.1, -0.05) is 83.9 Å². The van der Waals surface area contributed by atoms with E-state index in [0.717, 1.165) is 0 Å². The van der Waals surface area contributed by atoms with Gasteiger partial charge >= 0.3 is 5.97 Å². The minimum Gasteiger partial charge on any atom is -0.453 e. The van der Waals surface area contributed by atoms with Crippen LogP contribution in [0.15, 0.2) is 72.9 Å². The van der Waals surface area contributed by atoms with Crippen molar-refractivity contribution in [2.24, 2.45) is 0 Å². The Hall–Kier alpha value is -2.93. The van der Waals surface area contributed by atoms with Gasteiger partial charge < -0.3 is 15.2 Å². The summed E-state index contributed by atoms with van der Waals surface area (Å²) in [5.74, 6) is -1.57. The number of anilines is 1. The Balaban J connectivity index is 1.76. The molecule has 2 aromatic carbocycles. The van der Waals surface area contributed by atoms with E-state index in [0.29, 0.717) is 16.1 Å². The largest absolute Gasteiger partial charge is 0.453 e. The monoisotopic (exact) mass is 430 g/mol. The highest BCUT2D eigenvalue weighted by atomic mass is 35.5. The standard InChI is InChI=1S/C21H16Cl2N2O4/c22-16-11-17(23)19(24-12-16)25-18(26)13-29-20(27)21(28,14-7-3-1-4-8-14)15-9-5-2-6-10-15/h1-12,28H,13H2,(H,24,25,26). The molecule has 0 aliphatic heterocycles. The molecule has 0 aliphatic carbocycles. The molecule has 0 saturated heterocycles. The molecular formula is C21H16Cl2N2O4. The summed E-state index contributed by atoms with van der Waals surface area (Å²) in [5.41, 5.74) is -1.43. The first-order valence-electron chi connectivity index (χ1n) is 8.53. The number of aromatic nitrogens is 1. The number of ether oxygens (including phenoxy) is 1. The first-order chi connectivity index (χ1) is 13.9. The second-order valence-corrected chi connectivity index (χ2v) is 6.89. The molecule has 3 rings (SSSR count). The number of aliphatic hydroxyl groups is 1. The Morgan fingerprint density at radius 2 is 1.55 bits per heavy atom. The summed E-state index contributed by atoms with van der Waals surface area (Å²) in [6, 6.07) is 18.1. The smallest absolute Gasteiger partial charge is 0.348 e. The summed E-state index contributed by atoms with van der Waals surface area (Å²) in [6.07, 6.45) is 1.32. The summed E-state index contributed by atoms with van der Waals surface area (Å²) < 4.78 is 5.12. The molecule has 0 spiro atoms. The van der Waals surface area contributed by atoms with Crippen LogP contribution in [0.2, 0.25) is 10.0 Å². The zero-order chi connectivity index (χ0) is 20.9. The number of rotatable bonds is 6. The molecular weight excluding hydrogens is 415 g/mol. The van der Waals surface area contributed by atoms with Crippen molar-refractivity contribution in [2.75, 3.05) is 11.9 Å². The zero-order valence-electron chi connectivity index (χ0n) is 15.0. The van der Waals surface area contributed by atoms with Crippen LogP contribution in [0, 0.1) is 0 Å². The number of carbonyl (C=O) groups excluding carboxylic acids is 2. The third-order valence-electron chi connectivity index (χ3n) is 4.08. The number of hydrogen-bond acceptors (Lipinski definition) is 5. The zero-order valence-corrected chi connectivity index (χ0v) is 16.5. The molecule has 29 heavy (non-hydrogen) atoms. The van der Waals surface area contributed by atoms with Gasteiger partial charge in [-0.05, 0) is 17.2 Å². The predicted octanol–water partition coefficient (Wildman–Crippen LogP) is 3.81. The lowest BCUT2D eigenvalue weighted by Gasteiger charge is -2.26. The molecule has 0 aliphatic rings. The van der Waals surface area contributed by atoms with Gasteiger partial charge in [-0.15, -0.1) is 0 Å². The lowest BCUT2D eigenvalue weighted by Crippen LogP contribution is -2.39. The fourth-order valence-electron chi connectivity index (χ4n) is 2.67. The minimum atomic E-state index is -2.07. The Morgan fingerprint density at radius 1 is 1.00 bits per heavy atom. The Kier molecular flexibility index (Phi) is 6.49. The van der Waals surface area contributed by atoms with Crippen molar-refractivity contribution in [3.05, 3.63) is 94.1 Å². The maximum Gasteiger partial charge on any atom is 0.348 e. The number of pyridine rings is 1. The van der Waals surface area contributed by atoms with Gasteiger partial charge in [0.1, 0.15) is 0 Å². The maximum absolute atomic E-state index is 12.8. The molecule has 0 bridgehead atoms. The van der Waals surface area contributed by atoms with Crippen LogP contribution in [-0.2, 0) is 19.9 Å². The molecule has 2 N–H and O–H groups in total. The van der Waals surface area contributed by atoms with E-state index in [1.165, 1.54) is 12.3 Å². The lowest BCUT2D eigenvalue weighted by molar-refractivity contribution is -0.163. The van der Waals surface area contributed by atoms with E-state index in [1.54, 1.807) is 60.7 Å². The normalized spacial score (nSPS) is 11.0. The molecule has 0 radical (unpaired) electrons. The molecule has 0 fully saturated rings. The van der Waals surface area contributed by atoms with Crippen LogP contribution in [0.1, 0.15) is 11.1 Å². The fraction of sp³-hybridized carbons (Fsp3) is 0.0952. The Labute approximate surface area is 177 Å². The second-order valence-electron chi connectivity index (χ2n) is 6.05. The Morgan fingerprint density at radius 3 is 2.07 bits per heavy atom. The molecule has 1 amide bonds. The van der Waals surface area contributed by atoms with Gasteiger partial charge in [0.2, 0.25) is 5.60 Å². The third-order valence-corrected chi connectivity index (χ3v) is 4.57. The maximum atomic E-state index is 12.8. The SMILES string of the molecule is O=C(COC(=O)C(O)(c1ccccc1)c1ccccc1)Nc1ncc(Cl)cc1Cl. The van der Waals surface area contributed by atoms with Crippen LogP contribution >= 0.6 is 23.2 Å². The summed E-state index contributed by atoms with van der Waals surface area (Å²) >= 11 is 11.7. The number of carbonyl (C=O) groups is 2. The van der Waals surface area contributed by atoms with Crippen molar-refractivity contribution in [3.8, 4) is 0 Å². The molecule has 8 heteroatoms.